The third-order valence-electron chi connectivity index (χ3n) is 2.00. The summed E-state index contributed by atoms with van der Waals surface area (Å²) in [7, 11) is -3.01. The van der Waals surface area contributed by atoms with Crippen LogP contribution in [0.1, 0.15) is 13.3 Å². The molecule has 12 heavy (non-hydrogen) atoms. The van der Waals surface area contributed by atoms with Gasteiger partial charge in [0.25, 0.3) is 0 Å². The van der Waals surface area contributed by atoms with Crippen LogP contribution in [-0.2, 0) is 14.8 Å². The molecule has 0 aromatic rings. The minimum absolute atomic E-state index is 0.153. The highest BCUT2D eigenvalue weighted by Gasteiger charge is 2.17. The predicted octanol–water partition coefficient (Wildman–Crippen LogP) is -0.0378. The molecule has 5 heteroatoms. The highest BCUT2D eigenvalue weighted by molar-refractivity contribution is 7.89. The molecule has 0 saturated carbocycles. The van der Waals surface area contributed by atoms with Crippen molar-refractivity contribution >= 4 is 10.0 Å². The third-order valence-corrected chi connectivity index (χ3v) is 3.36. The predicted molar refractivity (Wildman–Crippen MR) is 46.4 cm³/mol. The third kappa shape index (κ3) is 3.08. The summed E-state index contributed by atoms with van der Waals surface area (Å²) in [4.78, 5) is 0. The monoisotopic (exact) mass is 193 g/mol. The van der Waals surface area contributed by atoms with E-state index in [4.69, 9.17) is 4.74 Å². The Morgan fingerprint density at radius 2 is 2.33 bits per heavy atom. The van der Waals surface area contributed by atoms with Crippen LogP contribution in [0.3, 0.4) is 0 Å². The van der Waals surface area contributed by atoms with Crippen LogP contribution in [0.15, 0.2) is 0 Å². The van der Waals surface area contributed by atoms with Crippen LogP contribution in [0, 0.1) is 5.92 Å². The maximum atomic E-state index is 11.0. The number of hydrogen-bond acceptors (Lipinski definition) is 3. The second-order valence-corrected chi connectivity index (χ2v) is 5.08. The molecule has 1 fully saturated rings. The second-order valence-electron chi connectivity index (χ2n) is 2.98. The van der Waals surface area contributed by atoms with Gasteiger partial charge in [-0.05, 0) is 19.3 Å². The first-order valence-corrected chi connectivity index (χ1v) is 5.84. The summed E-state index contributed by atoms with van der Waals surface area (Å²) < 4.78 is 29.7. The van der Waals surface area contributed by atoms with E-state index in [1.165, 1.54) is 0 Å². The largest absolute Gasteiger partial charge is 0.381 e. The number of ether oxygens (including phenoxy) is 1. The van der Waals surface area contributed by atoms with Gasteiger partial charge in [0.1, 0.15) is 0 Å². The topological polar surface area (TPSA) is 55.4 Å². The molecular weight excluding hydrogens is 178 g/mol. The summed E-state index contributed by atoms with van der Waals surface area (Å²) in [6.45, 7) is 3.61. The molecule has 0 aromatic heterocycles. The van der Waals surface area contributed by atoms with Gasteiger partial charge in [-0.25, -0.2) is 13.1 Å². The number of hydrogen-bond donors (Lipinski definition) is 1. The van der Waals surface area contributed by atoms with Crippen molar-refractivity contribution in [3.63, 3.8) is 0 Å². The van der Waals surface area contributed by atoms with Gasteiger partial charge in [0.05, 0.1) is 12.4 Å². The summed E-state index contributed by atoms with van der Waals surface area (Å²) in [5.74, 6) is 0.520. The Kier molecular flexibility index (Phi) is 3.49. The zero-order chi connectivity index (χ0) is 9.03. The van der Waals surface area contributed by atoms with Crippen molar-refractivity contribution in [1.82, 2.24) is 4.72 Å². The molecule has 1 unspecified atom stereocenters. The van der Waals surface area contributed by atoms with Crippen molar-refractivity contribution in [2.75, 3.05) is 25.5 Å². The van der Waals surface area contributed by atoms with Gasteiger partial charge in [-0.1, -0.05) is 0 Å². The molecule has 1 atom stereocenters. The van der Waals surface area contributed by atoms with E-state index in [-0.39, 0.29) is 5.75 Å². The van der Waals surface area contributed by atoms with Crippen LogP contribution in [0.2, 0.25) is 0 Å². The van der Waals surface area contributed by atoms with E-state index in [9.17, 15) is 8.42 Å². The first-order valence-electron chi connectivity index (χ1n) is 4.19. The molecular formula is C7H15NO3S. The molecule has 0 radical (unpaired) electrons. The van der Waals surface area contributed by atoms with Gasteiger partial charge in [0.15, 0.2) is 0 Å². The summed E-state index contributed by atoms with van der Waals surface area (Å²) in [5.41, 5.74) is 0. The molecule has 72 valence electrons. The smallest absolute Gasteiger partial charge is 0.211 e. The molecule has 1 saturated heterocycles. The summed E-state index contributed by atoms with van der Waals surface area (Å²) in [6, 6.07) is 0. The van der Waals surface area contributed by atoms with E-state index in [1.54, 1.807) is 6.92 Å². The molecule has 0 amide bonds. The van der Waals surface area contributed by atoms with Crippen molar-refractivity contribution in [3.8, 4) is 0 Å². The van der Waals surface area contributed by atoms with Gasteiger partial charge >= 0.3 is 0 Å². The van der Waals surface area contributed by atoms with Crippen LogP contribution in [0.4, 0.5) is 0 Å². The Morgan fingerprint density at radius 1 is 1.58 bits per heavy atom. The fourth-order valence-corrected chi connectivity index (χ4v) is 1.78. The standard InChI is InChI=1S/C7H15NO3S/c1-2-12(9,10)8-5-7-3-4-11-6-7/h7-8H,2-6H2,1H3. The van der Waals surface area contributed by atoms with Crippen LogP contribution < -0.4 is 4.72 Å². The fourth-order valence-electron chi connectivity index (χ4n) is 1.09. The van der Waals surface area contributed by atoms with Crippen LogP contribution >= 0.6 is 0 Å². The zero-order valence-corrected chi connectivity index (χ0v) is 8.06. The minimum Gasteiger partial charge on any atom is -0.381 e. The Labute approximate surface area is 73.3 Å². The average molecular weight is 193 g/mol. The Hall–Kier alpha value is -0.130. The van der Waals surface area contributed by atoms with Crippen molar-refractivity contribution in [1.29, 1.82) is 0 Å². The van der Waals surface area contributed by atoms with Gasteiger partial charge in [-0.15, -0.1) is 0 Å². The van der Waals surface area contributed by atoms with E-state index in [0.717, 1.165) is 13.0 Å². The van der Waals surface area contributed by atoms with E-state index in [1.807, 2.05) is 0 Å². The van der Waals surface area contributed by atoms with Crippen molar-refractivity contribution in [2.24, 2.45) is 5.92 Å². The van der Waals surface area contributed by atoms with Crippen LogP contribution in [0.25, 0.3) is 0 Å². The van der Waals surface area contributed by atoms with Gasteiger partial charge in [0.2, 0.25) is 10.0 Å². The van der Waals surface area contributed by atoms with Crippen molar-refractivity contribution in [3.05, 3.63) is 0 Å². The lowest BCUT2D eigenvalue weighted by molar-refractivity contribution is 0.186. The summed E-state index contributed by atoms with van der Waals surface area (Å²) in [6.07, 6.45) is 0.965. The van der Waals surface area contributed by atoms with Gasteiger partial charge in [-0.3, -0.25) is 0 Å². The molecule has 0 bridgehead atoms. The molecule has 1 aliphatic heterocycles. The lowest BCUT2D eigenvalue weighted by Crippen LogP contribution is -2.30. The Bertz CT molecular complexity index is 219. The van der Waals surface area contributed by atoms with Gasteiger partial charge < -0.3 is 4.74 Å². The van der Waals surface area contributed by atoms with E-state index < -0.39 is 10.0 Å². The second kappa shape index (κ2) is 4.20. The lowest BCUT2D eigenvalue weighted by Gasteiger charge is -2.08. The molecule has 1 N–H and O–H groups in total. The molecule has 4 nitrogen and oxygen atoms in total. The van der Waals surface area contributed by atoms with Crippen LogP contribution in [-0.4, -0.2) is 33.9 Å². The maximum Gasteiger partial charge on any atom is 0.211 e. The lowest BCUT2D eigenvalue weighted by atomic mass is 10.1. The minimum atomic E-state index is -3.01. The Morgan fingerprint density at radius 3 is 2.83 bits per heavy atom. The van der Waals surface area contributed by atoms with Crippen LogP contribution in [0.5, 0.6) is 0 Å². The highest BCUT2D eigenvalue weighted by Crippen LogP contribution is 2.10. The Balaban J connectivity index is 2.25. The number of rotatable bonds is 4. The fraction of sp³-hybridized carbons (Fsp3) is 1.00. The SMILES string of the molecule is CCS(=O)(=O)NCC1CCOC1. The molecule has 1 rings (SSSR count). The summed E-state index contributed by atoms with van der Waals surface area (Å²) >= 11 is 0. The number of sulfonamides is 1. The van der Waals surface area contributed by atoms with Gasteiger partial charge in [-0.2, -0.15) is 0 Å². The molecule has 1 aliphatic rings. The van der Waals surface area contributed by atoms with E-state index >= 15 is 0 Å². The first-order chi connectivity index (χ1) is 5.64. The first kappa shape index (κ1) is 9.95. The van der Waals surface area contributed by atoms with Gasteiger partial charge in [0, 0.05) is 13.2 Å². The van der Waals surface area contributed by atoms with Crippen molar-refractivity contribution < 1.29 is 13.2 Å². The summed E-state index contributed by atoms with van der Waals surface area (Å²) in [5, 5.41) is 0. The quantitative estimate of drug-likeness (QED) is 0.681. The molecule has 1 heterocycles. The molecule has 0 aromatic carbocycles. The molecule has 0 aliphatic carbocycles. The van der Waals surface area contributed by atoms with E-state index in [2.05, 4.69) is 4.72 Å². The normalized spacial score (nSPS) is 24.6. The van der Waals surface area contributed by atoms with E-state index in [0.29, 0.717) is 19.1 Å². The van der Waals surface area contributed by atoms with Crippen molar-refractivity contribution in [2.45, 2.75) is 13.3 Å². The molecule has 0 spiro atoms. The zero-order valence-electron chi connectivity index (χ0n) is 7.25. The average Bonchev–Trinajstić information content (AvgIpc) is 2.53. The maximum absolute atomic E-state index is 11.0. The highest BCUT2D eigenvalue weighted by atomic mass is 32.2. The number of nitrogens with one attached hydrogen (secondary N) is 1.